The standard InChI is InChI=1S/C15H22N2/c16-11-13-8-9-15(13)17-10-4-3-6-12-5-1-2-7-14(12)17/h1-2,5,7,13,15H,3-4,6,8-11,16H2. The Morgan fingerprint density at radius 3 is 2.82 bits per heavy atom. The fourth-order valence-electron chi connectivity index (χ4n) is 3.30. The fraction of sp³-hybridized carbons (Fsp3) is 0.600. The van der Waals surface area contributed by atoms with Gasteiger partial charge in [0.05, 0.1) is 0 Å². The van der Waals surface area contributed by atoms with Gasteiger partial charge in [0.1, 0.15) is 0 Å². The monoisotopic (exact) mass is 230 g/mol. The predicted molar refractivity (Wildman–Crippen MR) is 72.3 cm³/mol. The van der Waals surface area contributed by atoms with Gasteiger partial charge in [0.2, 0.25) is 0 Å². The SMILES string of the molecule is NCC1CCC1N1CCCCc2ccccc21. The third-order valence-electron chi connectivity index (χ3n) is 4.48. The van der Waals surface area contributed by atoms with Crippen molar-refractivity contribution in [3.8, 4) is 0 Å². The molecule has 2 nitrogen and oxygen atoms in total. The molecule has 0 aromatic heterocycles. The molecule has 0 amide bonds. The smallest absolute Gasteiger partial charge is 0.0401 e. The van der Waals surface area contributed by atoms with E-state index in [1.54, 1.807) is 0 Å². The summed E-state index contributed by atoms with van der Waals surface area (Å²) in [4.78, 5) is 2.64. The molecule has 2 aliphatic rings. The van der Waals surface area contributed by atoms with Gasteiger partial charge in [0.15, 0.2) is 0 Å². The second kappa shape index (κ2) is 4.69. The maximum Gasteiger partial charge on any atom is 0.0401 e. The van der Waals surface area contributed by atoms with Crippen LogP contribution in [0, 0.1) is 5.92 Å². The average Bonchev–Trinajstić information content (AvgIpc) is 2.52. The highest BCUT2D eigenvalue weighted by Crippen LogP contribution is 2.37. The minimum atomic E-state index is 0.708. The van der Waals surface area contributed by atoms with E-state index in [2.05, 4.69) is 29.2 Å². The molecule has 0 saturated heterocycles. The first-order valence-electron chi connectivity index (χ1n) is 6.95. The van der Waals surface area contributed by atoms with E-state index < -0.39 is 0 Å². The summed E-state index contributed by atoms with van der Waals surface area (Å²) in [5.41, 5.74) is 8.88. The second-order valence-corrected chi connectivity index (χ2v) is 5.42. The summed E-state index contributed by atoms with van der Waals surface area (Å²) in [5, 5.41) is 0. The maximum atomic E-state index is 5.86. The Bertz CT molecular complexity index is 386. The number of hydrogen-bond donors (Lipinski definition) is 1. The van der Waals surface area contributed by atoms with Crippen molar-refractivity contribution in [3.05, 3.63) is 29.8 Å². The van der Waals surface area contributed by atoms with Gasteiger partial charge in [0, 0.05) is 18.3 Å². The number of hydrogen-bond acceptors (Lipinski definition) is 2. The van der Waals surface area contributed by atoms with Crippen LogP contribution in [0.1, 0.15) is 31.2 Å². The van der Waals surface area contributed by atoms with E-state index in [0.29, 0.717) is 6.04 Å². The normalized spacial score (nSPS) is 28.2. The van der Waals surface area contributed by atoms with Gasteiger partial charge in [-0.15, -0.1) is 0 Å². The van der Waals surface area contributed by atoms with Gasteiger partial charge in [0.25, 0.3) is 0 Å². The van der Waals surface area contributed by atoms with Crippen molar-refractivity contribution in [1.29, 1.82) is 0 Å². The molecule has 2 heteroatoms. The molecule has 92 valence electrons. The number of fused-ring (bicyclic) bond motifs is 1. The molecule has 1 aliphatic heterocycles. The van der Waals surface area contributed by atoms with Crippen LogP contribution in [0.2, 0.25) is 0 Å². The summed E-state index contributed by atoms with van der Waals surface area (Å²) in [6.07, 6.45) is 6.54. The predicted octanol–water partition coefficient (Wildman–Crippen LogP) is 2.57. The van der Waals surface area contributed by atoms with Gasteiger partial charge in [-0.25, -0.2) is 0 Å². The van der Waals surface area contributed by atoms with E-state index in [1.165, 1.54) is 49.9 Å². The van der Waals surface area contributed by atoms with Crippen LogP contribution in [0.4, 0.5) is 5.69 Å². The molecule has 0 radical (unpaired) electrons. The van der Waals surface area contributed by atoms with Crippen LogP contribution >= 0.6 is 0 Å². The summed E-state index contributed by atoms with van der Waals surface area (Å²) in [6, 6.07) is 9.65. The lowest BCUT2D eigenvalue weighted by Crippen LogP contribution is -2.50. The van der Waals surface area contributed by atoms with Crippen LogP contribution in [0.3, 0.4) is 0 Å². The highest BCUT2D eigenvalue weighted by molar-refractivity contribution is 5.55. The van der Waals surface area contributed by atoms with Crippen molar-refractivity contribution in [1.82, 2.24) is 0 Å². The van der Waals surface area contributed by atoms with Gasteiger partial charge in [-0.3, -0.25) is 0 Å². The molecule has 2 atom stereocenters. The van der Waals surface area contributed by atoms with Crippen LogP contribution in [-0.4, -0.2) is 19.1 Å². The largest absolute Gasteiger partial charge is 0.368 e. The molecular weight excluding hydrogens is 208 g/mol. The number of nitrogens with zero attached hydrogens (tertiary/aromatic N) is 1. The molecule has 1 aromatic carbocycles. The number of aryl methyl sites for hydroxylation is 1. The zero-order valence-electron chi connectivity index (χ0n) is 10.4. The Balaban J connectivity index is 1.89. The molecule has 0 spiro atoms. The average molecular weight is 230 g/mol. The van der Waals surface area contributed by atoms with Gasteiger partial charge in [-0.1, -0.05) is 18.2 Å². The summed E-state index contributed by atoms with van der Waals surface area (Å²) in [5.74, 6) is 0.723. The zero-order valence-corrected chi connectivity index (χ0v) is 10.4. The quantitative estimate of drug-likeness (QED) is 0.846. The third kappa shape index (κ3) is 1.95. The molecule has 1 heterocycles. The summed E-state index contributed by atoms with van der Waals surface area (Å²) in [6.45, 7) is 2.07. The van der Waals surface area contributed by atoms with Gasteiger partial charge in [-0.2, -0.15) is 0 Å². The summed E-state index contributed by atoms with van der Waals surface area (Å²) in [7, 11) is 0. The first kappa shape index (κ1) is 11.1. The molecule has 1 aliphatic carbocycles. The van der Waals surface area contributed by atoms with Crippen LogP contribution in [0.5, 0.6) is 0 Å². The molecule has 0 bridgehead atoms. The molecule has 2 N–H and O–H groups in total. The van der Waals surface area contributed by atoms with Crippen molar-refractivity contribution >= 4 is 5.69 Å². The third-order valence-corrected chi connectivity index (χ3v) is 4.48. The maximum absolute atomic E-state index is 5.86. The Hall–Kier alpha value is -1.02. The van der Waals surface area contributed by atoms with Crippen molar-refractivity contribution in [2.75, 3.05) is 18.0 Å². The van der Waals surface area contributed by atoms with Crippen molar-refractivity contribution in [3.63, 3.8) is 0 Å². The van der Waals surface area contributed by atoms with Crippen molar-refractivity contribution < 1.29 is 0 Å². The number of nitrogens with two attached hydrogens (primary N) is 1. The molecular formula is C15H22N2. The Labute approximate surface area is 104 Å². The first-order chi connectivity index (χ1) is 8.40. The molecule has 17 heavy (non-hydrogen) atoms. The lowest BCUT2D eigenvalue weighted by Gasteiger charge is -2.45. The highest BCUT2D eigenvalue weighted by Gasteiger charge is 2.35. The minimum Gasteiger partial charge on any atom is -0.368 e. The summed E-state index contributed by atoms with van der Waals surface area (Å²) < 4.78 is 0. The fourth-order valence-corrected chi connectivity index (χ4v) is 3.30. The molecule has 1 aromatic rings. The van der Waals surface area contributed by atoms with E-state index in [9.17, 15) is 0 Å². The lowest BCUT2D eigenvalue weighted by atomic mass is 9.78. The Morgan fingerprint density at radius 2 is 2.06 bits per heavy atom. The van der Waals surface area contributed by atoms with Crippen molar-refractivity contribution in [2.45, 2.75) is 38.1 Å². The highest BCUT2D eigenvalue weighted by atomic mass is 15.2. The second-order valence-electron chi connectivity index (χ2n) is 5.42. The number of benzene rings is 1. The molecule has 1 saturated carbocycles. The molecule has 1 fully saturated rings. The Morgan fingerprint density at radius 1 is 1.18 bits per heavy atom. The summed E-state index contributed by atoms with van der Waals surface area (Å²) >= 11 is 0. The number of rotatable bonds is 2. The van der Waals surface area contributed by atoms with Gasteiger partial charge < -0.3 is 10.6 Å². The molecule has 2 unspecified atom stereocenters. The minimum absolute atomic E-state index is 0.708. The van der Waals surface area contributed by atoms with Crippen LogP contribution < -0.4 is 10.6 Å². The zero-order chi connectivity index (χ0) is 11.7. The van der Waals surface area contributed by atoms with E-state index in [4.69, 9.17) is 5.73 Å². The first-order valence-corrected chi connectivity index (χ1v) is 6.95. The van der Waals surface area contributed by atoms with Gasteiger partial charge >= 0.3 is 0 Å². The number of para-hydroxylation sites is 1. The molecule has 3 rings (SSSR count). The van der Waals surface area contributed by atoms with E-state index in [1.807, 2.05) is 0 Å². The topological polar surface area (TPSA) is 29.3 Å². The lowest BCUT2D eigenvalue weighted by molar-refractivity contribution is 0.249. The van der Waals surface area contributed by atoms with Crippen LogP contribution in [-0.2, 0) is 6.42 Å². The van der Waals surface area contributed by atoms with E-state index >= 15 is 0 Å². The van der Waals surface area contributed by atoms with E-state index in [-0.39, 0.29) is 0 Å². The van der Waals surface area contributed by atoms with Crippen LogP contribution in [0.15, 0.2) is 24.3 Å². The Kier molecular flexibility index (Phi) is 3.06. The van der Waals surface area contributed by atoms with E-state index in [0.717, 1.165) is 12.5 Å². The number of anilines is 1. The van der Waals surface area contributed by atoms with Crippen molar-refractivity contribution in [2.24, 2.45) is 11.7 Å². The van der Waals surface area contributed by atoms with Gasteiger partial charge in [-0.05, 0) is 56.2 Å². The van der Waals surface area contributed by atoms with Crippen LogP contribution in [0.25, 0.3) is 0 Å².